The standard InChI is InChI=1S/C26H28N2O3/c29-25(30)17-31-16-19-12-10-18(11-13-19)14-23-26-22-9-5-4-6-20(22)15-24(26)28(27-23)21-7-2-1-3-8-21/h1-8,15,18-19H,9-14,16-17H2,(H,29,30). The number of aliphatic carboxylic acids is 1. The highest BCUT2D eigenvalue weighted by Gasteiger charge is 2.26. The maximum absolute atomic E-state index is 10.6. The lowest BCUT2D eigenvalue weighted by atomic mass is 9.80. The Labute approximate surface area is 182 Å². The zero-order chi connectivity index (χ0) is 21.2. The van der Waals surface area contributed by atoms with Crippen LogP contribution < -0.4 is 10.6 Å². The number of carbonyl (C=O) groups is 1. The fourth-order valence-corrected chi connectivity index (χ4v) is 5.14. The number of nitrogens with zero attached hydrogens (tertiary/aromatic N) is 2. The summed E-state index contributed by atoms with van der Waals surface area (Å²) in [7, 11) is 0. The molecule has 1 N–H and O–H groups in total. The number of para-hydroxylation sites is 1. The van der Waals surface area contributed by atoms with E-state index in [1.165, 1.54) is 27.4 Å². The summed E-state index contributed by atoms with van der Waals surface area (Å²) in [6, 6.07) is 10.4. The number of carboxylic acids is 1. The second kappa shape index (κ2) is 8.67. The van der Waals surface area contributed by atoms with E-state index in [0.717, 1.165) is 44.2 Å². The molecule has 3 aliphatic rings. The van der Waals surface area contributed by atoms with Crippen LogP contribution in [-0.2, 0) is 16.0 Å². The lowest BCUT2D eigenvalue weighted by Crippen LogP contribution is -2.29. The number of hydrogen-bond acceptors (Lipinski definition) is 3. The predicted molar refractivity (Wildman–Crippen MR) is 120 cm³/mol. The number of fused-ring (bicyclic) bond motifs is 2. The highest BCUT2D eigenvalue weighted by atomic mass is 16.5. The zero-order valence-corrected chi connectivity index (χ0v) is 17.7. The van der Waals surface area contributed by atoms with Crippen molar-refractivity contribution in [3.63, 3.8) is 0 Å². The van der Waals surface area contributed by atoms with Crippen molar-refractivity contribution < 1.29 is 14.6 Å². The van der Waals surface area contributed by atoms with E-state index in [0.29, 0.717) is 18.4 Å². The minimum absolute atomic E-state index is 0.192. The highest BCUT2D eigenvalue weighted by molar-refractivity contribution is 5.84. The first-order valence-electron chi connectivity index (χ1n) is 11.2. The van der Waals surface area contributed by atoms with E-state index in [2.05, 4.69) is 53.3 Å². The van der Waals surface area contributed by atoms with Gasteiger partial charge in [-0.05, 0) is 79.7 Å². The molecule has 3 aliphatic carbocycles. The summed E-state index contributed by atoms with van der Waals surface area (Å²) in [6.07, 6.45) is 15.3. The van der Waals surface area contributed by atoms with Gasteiger partial charge in [0, 0.05) is 5.22 Å². The van der Waals surface area contributed by atoms with Crippen LogP contribution in [0.1, 0.15) is 37.8 Å². The molecule has 2 aromatic rings. The molecule has 1 heterocycles. The van der Waals surface area contributed by atoms with Crippen molar-refractivity contribution in [2.75, 3.05) is 13.2 Å². The van der Waals surface area contributed by atoms with Gasteiger partial charge in [-0.25, -0.2) is 9.48 Å². The lowest BCUT2D eigenvalue weighted by molar-refractivity contribution is -0.142. The molecule has 0 unspecified atom stereocenters. The Morgan fingerprint density at radius 2 is 1.90 bits per heavy atom. The van der Waals surface area contributed by atoms with E-state index in [1.54, 1.807) is 0 Å². The molecule has 0 spiro atoms. The average molecular weight is 417 g/mol. The monoisotopic (exact) mass is 416 g/mol. The second-order valence-corrected chi connectivity index (χ2v) is 8.83. The number of rotatable bonds is 7. The molecular weight excluding hydrogens is 388 g/mol. The highest BCUT2D eigenvalue weighted by Crippen LogP contribution is 2.31. The molecule has 5 nitrogen and oxygen atoms in total. The van der Waals surface area contributed by atoms with Crippen LogP contribution in [0.25, 0.3) is 17.3 Å². The molecule has 1 aromatic heterocycles. The summed E-state index contributed by atoms with van der Waals surface area (Å²) in [4.78, 5) is 10.6. The van der Waals surface area contributed by atoms with E-state index in [1.807, 2.05) is 6.07 Å². The van der Waals surface area contributed by atoms with Crippen molar-refractivity contribution in [3.05, 3.63) is 70.4 Å². The van der Waals surface area contributed by atoms with Gasteiger partial charge in [0.25, 0.3) is 0 Å². The van der Waals surface area contributed by atoms with E-state index < -0.39 is 5.97 Å². The molecule has 0 amide bonds. The maximum atomic E-state index is 10.6. The SMILES string of the molecule is O=C(O)COCC1CCC(Cc2nn(-c3ccccc3)c3c2=C2CC=CC=C2C=3)CC1. The second-order valence-electron chi connectivity index (χ2n) is 8.83. The third kappa shape index (κ3) is 4.15. The fourth-order valence-electron chi connectivity index (χ4n) is 5.14. The molecule has 1 saturated carbocycles. The molecule has 0 radical (unpaired) electrons. The van der Waals surface area contributed by atoms with Crippen LogP contribution in [0.2, 0.25) is 0 Å². The van der Waals surface area contributed by atoms with Crippen LogP contribution in [0.4, 0.5) is 0 Å². The smallest absolute Gasteiger partial charge is 0.329 e. The third-order valence-electron chi connectivity index (χ3n) is 6.70. The summed E-state index contributed by atoms with van der Waals surface area (Å²) in [6.45, 7) is 0.368. The van der Waals surface area contributed by atoms with Crippen LogP contribution in [-0.4, -0.2) is 34.1 Å². The van der Waals surface area contributed by atoms with E-state index in [9.17, 15) is 4.79 Å². The topological polar surface area (TPSA) is 64.3 Å². The first kappa shape index (κ1) is 20.0. The number of allylic oxidation sites excluding steroid dienone is 4. The van der Waals surface area contributed by atoms with Gasteiger partial charge in [0.05, 0.1) is 23.3 Å². The molecule has 5 rings (SSSR count). The van der Waals surface area contributed by atoms with Crippen LogP contribution in [0, 0.1) is 11.8 Å². The molecule has 1 fully saturated rings. The Morgan fingerprint density at radius 3 is 2.68 bits per heavy atom. The third-order valence-corrected chi connectivity index (χ3v) is 6.70. The average Bonchev–Trinajstić information content (AvgIpc) is 3.33. The Hall–Kier alpha value is -2.92. The van der Waals surface area contributed by atoms with Crippen molar-refractivity contribution in [3.8, 4) is 5.69 Å². The van der Waals surface area contributed by atoms with Gasteiger partial charge in [-0.1, -0.05) is 36.4 Å². The van der Waals surface area contributed by atoms with E-state index in [4.69, 9.17) is 14.9 Å². The predicted octanol–water partition coefficient (Wildman–Crippen LogP) is 3.15. The largest absolute Gasteiger partial charge is 0.480 e. The van der Waals surface area contributed by atoms with E-state index in [-0.39, 0.29) is 6.61 Å². The van der Waals surface area contributed by atoms with Gasteiger partial charge in [0.2, 0.25) is 0 Å². The van der Waals surface area contributed by atoms with Gasteiger partial charge < -0.3 is 9.84 Å². The van der Waals surface area contributed by atoms with Gasteiger partial charge in [0.1, 0.15) is 6.61 Å². The van der Waals surface area contributed by atoms with Gasteiger partial charge in [-0.3, -0.25) is 0 Å². The summed E-state index contributed by atoms with van der Waals surface area (Å²) in [5, 5.41) is 16.4. The molecule has 0 aliphatic heterocycles. The summed E-state index contributed by atoms with van der Waals surface area (Å²) in [5.74, 6) is 0.201. The molecule has 31 heavy (non-hydrogen) atoms. The normalized spacial score (nSPS) is 21.9. The zero-order valence-electron chi connectivity index (χ0n) is 17.7. The molecule has 160 valence electrons. The van der Waals surface area contributed by atoms with Crippen LogP contribution in [0.5, 0.6) is 0 Å². The Balaban J connectivity index is 1.37. The number of ether oxygens (including phenoxy) is 1. The van der Waals surface area contributed by atoms with Crippen LogP contribution in [0.15, 0.2) is 54.1 Å². The Kier molecular flexibility index (Phi) is 5.60. The maximum Gasteiger partial charge on any atom is 0.329 e. The minimum atomic E-state index is -0.892. The van der Waals surface area contributed by atoms with Crippen molar-refractivity contribution in [2.45, 2.75) is 38.5 Å². The lowest BCUT2D eigenvalue weighted by Gasteiger charge is -2.27. The molecule has 5 heteroatoms. The van der Waals surface area contributed by atoms with Gasteiger partial charge in [-0.2, -0.15) is 5.10 Å². The van der Waals surface area contributed by atoms with E-state index >= 15 is 0 Å². The van der Waals surface area contributed by atoms with Crippen LogP contribution in [0.3, 0.4) is 0 Å². The summed E-state index contributed by atoms with van der Waals surface area (Å²) in [5.41, 5.74) is 5.05. The minimum Gasteiger partial charge on any atom is -0.480 e. The van der Waals surface area contributed by atoms with Crippen molar-refractivity contribution in [2.24, 2.45) is 11.8 Å². The first-order valence-corrected chi connectivity index (χ1v) is 11.2. The quantitative estimate of drug-likeness (QED) is 0.753. The van der Waals surface area contributed by atoms with Gasteiger partial charge in [-0.15, -0.1) is 0 Å². The summed E-state index contributed by atoms with van der Waals surface area (Å²) >= 11 is 0. The number of hydrogen-bond donors (Lipinski definition) is 1. The Morgan fingerprint density at radius 1 is 1.13 bits per heavy atom. The van der Waals surface area contributed by atoms with Crippen molar-refractivity contribution >= 4 is 17.6 Å². The summed E-state index contributed by atoms with van der Waals surface area (Å²) < 4.78 is 7.44. The molecule has 0 saturated heterocycles. The fraction of sp³-hybridized carbons (Fsp3) is 0.385. The number of carboxylic acid groups (broad SMARTS) is 1. The molecule has 0 atom stereocenters. The molecule has 1 aromatic carbocycles. The molecular formula is C26H28N2O3. The van der Waals surface area contributed by atoms with Gasteiger partial charge in [0.15, 0.2) is 0 Å². The van der Waals surface area contributed by atoms with Crippen LogP contribution >= 0.6 is 0 Å². The van der Waals surface area contributed by atoms with Crippen molar-refractivity contribution in [1.82, 2.24) is 9.78 Å². The Bertz CT molecular complexity index is 1150. The molecule has 0 bridgehead atoms. The number of benzene rings is 1. The number of aromatic nitrogens is 2. The first-order chi connectivity index (χ1) is 15.2. The van der Waals surface area contributed by atoms with Crippen molar-refractivity contribution in [1.29, 1.82) is 0 Å². The van der Waals surface area contributed by atoms with Gasteiger partial charge >= 0.3 is 5.97 Å².